The Morgan fingerprint density at radius 1 is 0.405 bits per heavy atom. The molecule has 0 amide bonds. The van der Waals surface area contributed by atoms with Gasteiger partial charge in [-0.15, -0.1) is 45.3 Å². The summed E-state index contributed by atoms with van der Waals surface area (Å²) >= 11 is 25.6. The third-order valence-electron chi connectivity index (χ3n) is 14.5. The van der Waals surface area contributed by atoms with E-state index in [1.54, 1.807) is 0 Å². The largest absolute Gasteiger partial charge is 0.454 e. The standard InChI is InChI=1S/4C18H15ClN2O6S2/c4*1-9-5-13-14(26-8-25-13)7-11(9)6-12(22)17-15(3-4-28-17)29(23,24)21-18-16(19)10(2)20-27-18/h4*3-5,7,21H,6,8H2,1-2H3/i2D3,5D,6D2,7D,8D2;2D3,5D,6D2,7D,8D;2D3,5D,6D2,7D;1D3,2D3,6D2,8D2/hD4. The Balaban J connectivity index is 0.000000170. The van der Waals surface area contributed by atoms with Gasteiger partial charge < -0.3 is 56.0 Å². The van der Waals surface area contributed by atoms with Gasteiger partial charge >= 0.3 is 0 Å². The number of Topliss-reactive ketones (excluding diaryl/α,β-unsaturated/α-hetero) is 4. The van der Waals surface area contributed by atoms with Crippen molar-refractivity contribution < 1.29 is 161 Å². The average Bonchev–Trinajstić information content (AvgIpc) is 1.49. The summed E-state index contributed by atoms with van der Waals surface area (Å²) in [6, 6.07) is 2.00. The first kappa shape index (κ1) is 47.8. The number of hydrogen-bond acceptors (Lipinski definition) is 32. The number of hydrogen-bond donors (Lipinski definition) is 4. The average molecular weight is 1860 g/mol. The number of carbonyl (C=O) groups is 4. The minimum Gasteiger partial charge on any atom is -0.454 e. The summed E-state index contributed by atoms with van der Waals surface area (Å²) in [7, 11) is -20.1. The molecule has 116 heavy (non-hydrogen) atoms. The maximum atomic E-state index is 13.5. The highest BCUT2D eigenvalue weighted by Gasteiger charge is 2.34. The number of rotatable bonds is 24. The van der Waals surface area contributed by atoms with E-state index < -0.39 is 330 Å². The van der Waals surface area contributed by atoms with E-state index in [-0.39, 0.29) is 71.4 Å². The normalized spacial score (nSPS) is 20.2. The molecule has 12 aromatic rings. The van der Waals surface area contributed by atoms with Crippen molar-refractivity contribution in [3.63, 3.8) is 0 Å². The van der Waals surface area contributed by atoms with E-state index in [1.165, 1.54) is 26.2 Å². The van der Waals surface area contributed by atoms with Crippen LogP contribution in [0.2, 0.25) is 25.7 Å². The van der Waals surface area contributed by atoms with E-state index in [0.717, 1.165) is 52.5 Å². The summed E-state index contributed by atoms with van der Waals surface area (Å²) in [6.07, 6.45) is -12.4. The predicted molar refractivity (Wildman–Crippen MR) is 427 cm³/mol. The van der Waals surface area contributed by atoms with Gasteiger partial charge in [0.25, 0.3) is 63.6 Å². The number of nitrogens with zero attached hydrogens (tertiary/aromatic N) is 4. The van der Waals surface area contributed by atoms with Gasteiger partial charge in [0, 0.05) is 57.0 Å². The van der Waals surface area contributed by atoms with Crippen LogP contribution >= 0.6 is 91.8 Å². The van der Waals surface area contributed by atoms with Crippen LogP contribution in [0.15, 0.2) is 132 Å². The van der Waals surface area contributed by atoms with E-state index in [0.29, 0.717) is 45.3 Å². The number of halogens is 4. The summed E-state index contributed by atoms with van der Waals surface area (Å²) < 4.78 is 463. The third-order valence-corrected chi connectivity index (χ3v) is 25.2. The van der Waals surface area contributed by atoms with Gasteiger partial charge in [-0.25, -0.2) is 52.5 Å². The molecule has 4 N–H and O–H groups in total. The monoisotopic (exact) mass is 1850 g/mol. The molecule has 0 fully saturated rings. The van der Waals surface area contributed by atoms with Crippen molar-refractivity contribution in [2.45, 2.75) is 100 Å². The fraction of sp³-hybridized carbons (Fsp3) is 0.222. The molecule has 8 aromatic heterocycles. The number of nitrogens with one attached hydrogen (secondary N) is 4. The molecule has 608 valence electrons. The molecular formula is C72H60Cl4N8O24S8. The van der Waals surface area contributed by atoms with E-state index in [1.807, 2.05) is 0 Å². The van der Waals surface area contributed by atoms with Gasteiger partial charge in [-0.3, -0.25) is 19.2 Å². The Bertz CT molecular complexity index is 8210. The molecule has 32 nitrogen and oxygen atoms in total. The summed E-state index contributed by atoms with van der Waals surface area (Å²) in [4.78, 5) is 47.7. The van der Waals surface area contributed by atoms with E-state index in [9.17, 15) is 52.8 Å². The number of anilines is 4. The fourth-order valence-corrected chi connectivity index (χ4v) is 18.7. The van der Waals surface area contributed by atoms with Crippen LogP contribution in [-0.2, 0) is 65.6 Å². The van der Waals surface area contributed by atoms with Crippen molar-refractivity contribution in [2.75, 3.05) is 45.9 Å². The van der Waals surface area contributed by atoms with Gasteiger partial charge in [0.1, 0.15) is 69.3 Å². The molecule has 44 heteroatoms. The Labute approximate surface area is 749 Å². The fourth-order valence-electron chi connectivity index (χ4n) is 9.15. The van der Waals surface area contributed by atoms with Crippen LogP contribution in [0.5, 0.6) is 46.0 Å². The van der Waals surface area contributed by atoms with Gasteiger partial charge in [0.15, 0.2) is 74.8 Å². The smallest absolute Gasteiger partial charge is 0.265 e. The van der Waals surface area contributed by atoms with Crippen molar-refractivity contribution in [1.82, 2.24) is 20.6 Å². The molecule has 0 spiro atoms. The molecule has 0 aliphatic carbocycles. The van der Waals surface area contributed by atoms with Crippen molar-refractivity contribution in [2.24, 2.45) is 0 Å². The summed E-state index contributed by atoms with van der Waals surface area (Å²) in [6.45, 7) is -18.1. The minimum absolute atomic E-state index is 0.0703. The molecule has 0 bridgehead atoms. The Morgan fingerprint density at radius 2 is 0.681 bits per heavy atom. The molecule has 12 heterocycles. The number of thiophene rings is 4. The number of ether oxygens (including phenoxy) is 8. The van der Waals surface area contributed by atoms with E-state index in [4.69, 9.17) is 137 Å². The number of fused-ring (bicyclic) bond motifs is 4. The Kier molecular flexibility index (Phi) is 14.1. The van der Waals surface area contributed by atoms with Crippen LogP contribution in [-0.4, -0.2) is 104 Å². The number of ketones is 4. The summed E-state index contributed by atoms with van der Waals surface area (Å²) in [5.41, 5.74) is -6.97. The van der Waals surface area contributed by atoms with Crippen LogP contribution in [0.25, 0.3) is 0 Å². The minimum atomic E-state index is -5.07. The van der Waals surface area contributed by atoms with E-state index >= 15 is 0 Å². The topological polar surface area (TPSA) is 431 Å². The molecule has 16 rings (SSSR count). The molecule has 4 aliphatic heterocycles. The summed E-state index contributed by atoms with van der Waals surface area (Å²) in [5, 5.41) is 14.2. The molecule has 0 radical (unpaired) electrons. The van der Waals surface area contributed by atoms with Gasteiger partial charge in [-0.2, -0.15) is 0 Å². The highest BCUT2D eigenvalue weighted by molar-refractivity contribution is 7.94. The lowest BCUT2D eigenvalue weighted by molar-refractivity contribution is 0.0985. The van der Waals surface area contributed by atoms with Gasteiger partial charge in [-0.1, -0.05) is 67.0 Å². The first-order valence-electron chi connectivity index (χ1n) is 49.3. The second kappa shape index (κ2) is 34.1. The van der Waals surface area contributed by atoms with Crippen molar-refractivity contribution in [1.29, 1.82) is 0 Å². The Morgan fingerprint density at radius 3 is 1.00 bits per heavy atom. The summed E-state index contributed by atoms with van der Waals surface area (Å²) in [5.74, 6) is -12.4. The van der Waals surface area contributed by atoms with Gasteiger partial charge in [0.2, 0.25) is 27.1 Å². The third kappa shape index (κ3) is 18.1. The van der Waals surface area contributed by atoms with E-state index in [2.05, 4.69) is 38.7 Å². The molecule has 4 aliphatic rings. The molecule has 1 unspecified atom stereocenters. The maximum absolute atomic E-state index is 13.5. The van der Waals surface area contributed by atoms with Gasteiger partial charge in [0.05, 0.1) is 27.7 Å². The highest BCUT2D eigenvalue weighted by atomic mass is 35.5. The van der Waals surface area contributed by atoms with Crippen LogP contribution in [0.4, 0.5) is 23.5 Å². The number of aromatic nitrogens is 4. The number of benzene rings is 4. The SMILES string of the molecule is [2H]N(c1onc(C([2H])([2H])[2H])c1Cl)S(=O)(=O)c1ccsc1C(=O)C([2H])([2H])c1cc2c(cc1C([2H])([2H])[2H])OC([2H])([2H])O2.[2H]c1c(C)c(C([2H])([2H])C(=O)c2sccc2S(=O)(=O)N([2H])c2onc(C([2H])([2H])[2H])c2Cl)c([2H])c2c1OC([2H])([2H])O2.[2H]c1c(C)c(C([2H])([2H])C(=O)c2sccc2S(=O)(=O)N([2H])c2onc(C([2H])([2H])[2H])c2Cl)c([2H])c2c1OC([2H])O2.[2H]c1c(C)c(C([2H])([2H])C(=O)c2sccc2S(=O)(=O)N([2H])c2onc(C([2H])([2H])[2H])c2Cl)c([2H])c2c1OCO2. The first-order valence-corrected chi connectivity index (χ1v) is 41.2. The van der Waals surface area contributed by atoms with Crippen molar-refractivity contribution in [3.05, 3.63) is 201 Å². The quantitative estimate of drug-likeness (QED) is 0.0408. The second-order valence-corrected chi connectivity index (χ2v) is 33.5. The molecular weight excluding hydrogens is 1760 g/mol. The number of aryl methyl sites for hydroxylation is 5. The lowest BCUT2D eigenvalue weighted by atomic mass is 10.0. The van der Waals surface area contributed by atoms with Gasteiger partial charge in [-0.05, 0) is 194 Å². The molecule has 0 saturated carbocycles. The molecule has 4 aromatic carbocycles. The maximum Gasteiger partial charge on any atom is 0.265 e. The zero-order chi connectivity index (χ0) is 116. The first-order chi connectivity index (χ1) is 70.3. The zero-order valence-corrected chi connectivity index (χ0v) is 66.3. The van der Waals surface area contributed by atoms with Crippen LogP contribution in [0, 0.1) is 55.0 Å². The lowest BCUT2D eigenvalue weighted by Gasteiger charge is -2.09. The zero-order valence-electron chi connectivity index (χ0n) is 94.7. The predicted octanol–water partition coefficient (Wildman–Crippen LogP) is 15.8. The van der Waals surface area contributed by atoms with Crippen molar-refractivity contribution in [3.8, 4) is 46.0 Å². The van der Waals surface area contributed by atoms with Crippen LogP contribution < -0.4 is 56.8 Å². The number of sulfonamides is 4. The van der Waals surface area contributed by atoms with Crippen LogP contribution in [0.1, 0.15) is 153 Å². The highest BCUT2D eigenvalue weighted by Crippen LogP contribution is 2.42. The van der Waals surface area contributed by atoms with Crippen molar-refractivity contribution >= 4 is 179 Å². The number of carbonyl (C=O) groups excluding carboxylic acids is 4. The van der Waals surface area contributed by atoms with Crippen LogP contribution in [0.3, 0.4) is 0 Å². The Hall–Kier alpha value is -10.2. The second-order valence-electron chi connectivity index (χ2n) is 22.0. The molecule has 0 saturated heterocycles. The lowest BCUT2D eigenvalue weighted by Crippen LogP contribution is -2.16. The molecule has 1 atom stereocenters.